The molecule has 0 aromatic heterocycles. The summed E-state index contributed by atoms with van der Waals surface area (Å²) in [6.07, 6.45) is -2.86. The lowest BCUT2D eigenvalue weighted by Gasteiger charge is -2.22. The summed E-state index contributed by atoms with van der Waals surface area (Å²) in [5.74, 6) is -2.28. The fourth-order valence-electron chi connectivity index (χ4n) is 2.86. The van der Waals surface area contributed by atoms with Crippen molar-refractivity contribution >= 4 is 5.97 Å². The summed E-state index contributed by atoms with van der Waals surface area (Å²) < 4.78 is 16.5. The SMILES string of the molecule is C[C@]1(O)O[C@@H](COC(=O)c2ccccc2)[C@H](OCc2ccccc2)[C@@H]1O. The van der Waals surface area contributed by atoms with Gasteiger partial charge in [-0.15, -0.1) is 0 Å². The number of hydrogen-bond donors (Lipinski definition) is 2. The molecule has 2 aromatic rings. The van der Waals surface area contributed by atoms with E-state index in [4.69, 9.17) is 14.2 Å². The van der Waals surface area contributed by atoms with E-state index in [0.717, 1.165) is 5.56 Å². The van der Waals surface area contributed by atoms with Gasteiger partial charge in [-0.1, -0.05) is 48.5 Å². The van der Waals surface area contributed by atoms with E-state index in [9.17, 15) is 15.0 Å². The van der Waals surface area contributed by atoms with Crippen LogP contribution >= 0.6 is 0 Å². The molecule has 1 fully saturated rings. The minimum absolute atomic E-state index is 0.138. The molecule has 2 N–H and O–H groups in total. The Morgan fingerprint density at radius 1 is 1.12 bits per heavy atom. The molecular weight excluding hydrogens is 336 g/mol. The molecule has 6 nitrogen and oxygen atoms in total. The van der Waals surface area contributed by atoms with Crippen LogP contribution in [0.5, 0.6) is 0 Å². The van der Waals surface area contributed by atoms with E-state index in [2.05, 4.69) is 0 Å². The second-order valence-corrected chi connectivity index (χ2v) is 6.38. The van der Waals surface area contributed by atoms with E-state index in [1.807, 2.05) is 30.3 Å². The van der Waals surface area contributed by atoms with Crippen molar-refractivity contribution in [3.63, 3.8) is 0 Å². The summed E-state index contributed by atoms with van der Waals surface area (Å²) in [7, 11) is 0. The summed E-state index contributed by atoms with van der Waals surface area (Å²) in [6.45, 7) is 1.46. The van der Waals surface area contributed by atoms with Gasteiger partial charge in [-0.2, -0.15) is 0 Å². The average molecular weight is 358 g/mol. The molecule has 2 aromatic carbocycles. The molecule has 0 bridgehead atoms. The molecule has 0 unspecified atom stereocenters. The normalized spacial score (nSPS) is 28.0. The molecule has 1 aliphatic heterocycles. The van der Waals surface area contributed by atoms with Crippen LogP contribution in [-0.2, 0) is 20.8 Å². The predicted molar refractivity (Wildman–Crippen MR) is 93.2 cm³/mol. The van der Waals surface area contributed by atoms with Crippen molar-refractivity contribution in [3.8, 4) is 0 Å². The number of esters is 1. The predicted octanol–water partition coefficient (Wildman–Crippen LogP) is 1.90. The highest BCUT2D eigenvalue weighted by Crippen LogP contribution is 2.31. The number of aliphatic hydroxyl groups is 2. The Hall–Kier alpha value is -2.25. The van der Waals surface area contributed by atoms with Crippen molar-refractivity contribution in [2.24, 2.45) is 0 Å². The molecule has 0 amide bonds. The van der Waals surface area contributed by atoms with Crippen molar-refractivity contribution < 1.29 is 29.2 Å². The minimum atomic E-state index is -1.77. The van der Waals surface area contributed by atoms with Gasteiger partial charge in [0.25, 0.3) is 0 Å². The maximum Gasteiger partial charge on any atom is 0.338 e. The molecule has 1 aliphatic rings. The third-order valence-corrected chi connectivity index (χ3v) is 4.29. The third-order valence-electron chi connectivity index (χ3n) is 4.29. The van der Waals surface area contributed by atoms with Crippen LogP contribution in [0.4, 0.5) is 0 Å². The Bertz CT molecular complexity index is 716. The Kier molecular flexibility index (Phi) is 5.68. The zero-order valence-corrected chi connectivity index (χ0v) is 14.4. The van der Waals surface area contributed by atoms with Crippen molar-refractivity contribution in [1.29, 1.82) is 0 Å². The molecule has 26 heavy (non-hydrogen) atoms. The van der Waals surface area contributed by atoms with E-state index in [-0.39, 0.29) is 13.2 Å². The lowest BCUT2D eigenvalue weighted by atomic mass is 10.1. The van der Waals surface area contributed by atoms with Gasteiger partial charge in [-0.3, -0.25) is 0 Å². The summed E-state index contributed by atoms with van der Waals surface area (Å²) in [5, 5.41) is 20.5. The summed E-state index contributed by atoms with van der Waals surface area (Å²) in [5.41, 5.74) is 1.34. The lowest BCUT2D eigenvalue weighted by molar-refractivity contribution is -0.217. The van der Waals surface area contributed by atoms with Gasteiger partial charge >= 0.3 is 5.97 Å². The fraction of sp³-hybridized carbons (Fsp3) is 0.350. The minimum Gasteiger partial charge on any atom is -0.459 e. The maximum absolute atomic E-state index is 12.1. The van der Waals surface area contributed by atoms with Crippen molar-refractivity contribution in [1.82, 2.24) is 0 Å². The first-order chi connectivity index (χ1) is 12.5. The second kappa shape index (κ2) is 7.97. The molecule has 0 aliphatic carbocycles. The average Bonchev–Trinajstić information content (AvgIpc) is 2.88. The van der Waals surface area contributed by atoms with Crippen molar-refractivity contribution in [2.75, 3.05) is 6.61 Å². The topological polar surface area (TPSA) is 85.2 Å². The third kappa shape index (κ3) is 4.28. The van der Waals surface area contributed by atoms with Gasteiger partial charge in [-0.25, -0.2) is 4.79 Å². The van der Waals surface area contributed by atoms with Gasteiger partial charge in [0.15, 0.2) is 5.79 Å². The Labute approximate surface area is 151 Å². The molecule has 0 radical (unpaired) electrons. The van der Waals surface area contributed by atoms with Crippen molar-refractivity contribution in [2.45, 2.75) is 37.6 Å². The highest BCUT2D eigenvalue weighted by atomic mass is 16.7. The van der Waals surface area contributed by atoms with Crippen LogP contribution in [-0.4, -0.2) is 46.9 Å². The van der Waals surface area contributed by atoms with E-state index in [1.165, 1.54) is 6.92 Å². The number of rotatable bonds is 6. The summed E-state index contributed by atoms with van der Waals surface area (Å²) in [6, 6.07) is 18.0. The number of aliphatic hydroxyl groups excluding tert-OH is 1. The Morgan fingerprint density at radius 3 is 2.38 bits per heavy atom. The number of benzene rings is 2. The first kappa shape index (κ1) is 18.5. The molecular formula is C20H22O6. The molecule has 4 atom stereocenters. The van der Waals surface area contributed by atoms with Crippen molar-refractivity contribution in [3.05, 3.63) is 71.8 Å². The van der Waals surface area contributed by atoms with Crippen LogP contribution in [0, 0.1) is 0 Å². The Balaban J connectivity index is 1.62. The number of ether oxygens (including phenoxy) is 3. The van der Waals surface area contributed by atoms with Crippen LogP contribution in [0.15, 0.2) is 60.7 Å². The number of carbonyl (C=O) groups excluding carboxylic acids is 1. The zero-order valence-electron chi connectivity index (χ0n) is 14.4. The second-order valence-electron chi connectivity index (χ2n) is 6.38. The molecule has 1 heterocycles. The maximum atomic E-state index is 12.1. The first-order valence-electron chi connectivity index (χ1n) is 8.43. The molecule has 138 valence electrons. The van der Waals surface area contributed by atoms with Crippen LogP contribution < -0.4 is 0 Å². The number of hydrogen-bond acceptors (Lipinski definition) is 6. The Morgan fingerprint density at radius 2 is 1.73 bits per heavy atom. The van der Waals surface area contributed by atoms with Gasteiger partial charge in [0.2, 0.25) is 0 Å². The van der Waals surface area contributed by atoms with E-state index in [0.29, 0.717) is 5.56 Å². The zero-order chi connectivity index (χ0) is 18.6. The fourth-order valence-corrected chi connectivity index (χ4v) is 2.86. The van der Waals surface area contributed by atoms with Gasteiger partial charge in [-0.05, 0) is 24.6 Å². The van der Waals surface area contributed by atoms with Crippen LogP contribution in [0.2, 0.25) is 0 Å². The molecule has 0 saturated carbocycles. The quantitative estimate of drug-likeness (QED) is 0.767. The van der Waals surface area contributed by atoms with Gasteiger partial charge in [0, 0.05) is 0 Å². The first-order valence-corrected chi connectivity index (χ1v) is 8.43. The smallest absolute Gasteiger partial charge is 0.338 e. The lowest BCUT2D eigenvalue weighted by Crippen LogP contribution is -2.41. The van der Waals surface area contributed by atoms with Crippen LogP contribution in [0.1, 0.15) is 22.8 Å². The molecule has 6 heteroatoms. The van der Waals surface area contributed by atoms with E-state index < -0.39 is 30.1 Å². The highest BCUT2D eigenvalue weighted by Gasteiger charge is 2.52. The number of carbonyl (C=O) groups is 1. The molecule has 1 saturated heterocycles. The molecule has 0 spiro atoms. The van der Waals surface area contributed by atoms with Crippen LogP contribution in [0.25, 0.3) is 0 Å². The summed E-state index contributed by atoms with van der Waals surface area (Å²) in [4.78, 5) is 12.1. The standard InChI is InChI=1S/C20H22O6/c1-20(23)18(21)17(24-12-14-8-4-2-5-9-14)16(26-20)13-25-19(22)15-10-6-3-7-11-15/h2-11,16-18,21,23H,12-13H2,1H3/t16-,17-,18-,20-/m0/s1. The van der Waals surface area contributed by atoms with Gasteiger partial charge < -0.3 is 24.4 Å². The van der Waals surface area contributed by atoms with E-state index in [1.54, 1.807) is 30.3 Å². The van der Waals surface area contributed by atoms with Crippen LogP contribution in [0.3, 0.4) is 0 Å². The van der Waals surface area contributed by atoms with Gasteiger partial charge in [0.1, 0.15) is 24.9 Å². The largest absolute Gasteiger partial charge is 0.459 e. The highest BCUT2D eigenvalue weighted by molar-refractivity contribution is 5.89. The van der Waals surface area contributed by atoms with Gasteiger partial charge in [0.05, 0.1) is 12.2 Å². The summed E-state index contributed by atoms with van der Waals surface area (Å²) >= 11 is 0. The monoisotopic (exact) mass is 358 g/mol. The molecule has 3 rings (SSSR count). The van der Waals surface area contributed by atoms with E-state index >= 15 is 0 Å².